The van der Waals surface area contributed by atoms with E-state index in [4.69, 9.17) is 16.2 Å². The summed E-state index contributed by atoms with van der Waals surface area (Å²) in [7, 11) is 0. The van der Waals surface area contributed by atoms with Gasteiger partial charge >= 0.3 is 0 Å². The first-order valence-electron chi connectivity index (χ1n) is 10.4. The van der Waals surface area contributed by atoms with Crippen molar-refractivity contribution in [3.8, 4) is 11.5 Å². The molecule has 0 radical (unpaired) electrons. The second kappa shape index (κ2) is 8.70. The summed E-state index contributed by atoms with van der Waals surface area (Å²) in [6.07, 6.45) is 7.01. The fraction of sp³-hybridized carbons (Fsp3) is 0.0400. The maximum atomic E-state index is 14.8. The van der Waals surface area contributed by atoms with Crippen LogP contribution < -0.4 is 26.4 Å². The highest BCUT2D eigenvalue weighted by Gasteiger charge is 2.18. The Morgan fingerprint density at radius 3 is 2.50 bits per heavy atom. The quantitative estimate of drug-likeness (QED) is 0.366. The van der Waals surface area contributed by atoms with Crippen molar-refractivity contribution in [3.63, 3.8) is 0 Å². The Morgan fingerprint density at radius 1 is 0.912 bits per heavy atom. The van der Waals surface area contributed by atoms with Crippen LogP contribution in [-0.4, -0.2) is 9.97 Å². The number of hydrogen-bond donors (Lipinski definition) is 3. The molecular weight excluding hydrogens is 438 g/mol. The van der Waals surface area contributed by atoms with Gasteiger partial charge in [0.05, 0.1) is 6.54 Å². The third-order valence-corrected chi connectivity index (χ3v) is 5.41. The molecule has 170 valence electrons. The highest BCUT2D eigenvalue weighted by atomic mass is 19.1. The maximum Gasteiger partial charge on any atom is 0.167 e. The topological polar surface area (TPSA) is 102 Å². The van der Waals surface area contributed by atoms with Gasteiger partial charge in [0.25, 0.3) is 0 Å². The van der Waals surface area contributed by atoms with Crippen LogP contribution in [0.4, 0.5) is 37.5 Å². The first kappa shape index (κ1) is 21.2. The summed E-state index contributed by atoms with van der Waals surface area (Å²) in [5.41, 5.74) is 14.9. The normalized spacial score (nSPS) is 12.4. The van der Waals surface area contributed by atoms with Gasteiger partial charge in [0.2, 0.25) is 0 Å². The second-order valence-corrected chi connectivity index (χ2v) is 7.63. The van der Waals surface area contributed by atoms with Gasteiger partial charge in [0.1, 0.15) is 23.1 Å². The lowest BCUT2D eigenvalue weighted by atomic mass is 10.0. The molecule has 2 aromatic heterocycles. The number of benzene rings is 2. The molecule has 0 bridgehead atoms. The van der Waals surface area contributed by atoms with E-state index in [0.717, 1.165) is 16.8 Å². The van der Waals surface area contributed by atoms with E-state index in [2.05, 4.69) is 15.3 Å². The Kier molecular flexibility index (Phi) is 5.43. The molecule has 0 amide bonds. The number of halogens is 2. The Hall–Kier alpha value is -4.66. The van der Waals surface area contributed by atoms with Crippen LogP contribution in [0.1, 0.15) is 11.1 Å². The lowest BCUT2D eigenvalue weighted by Gasteiger charge is -2.27. The maximum absolute atomic E-state index is 14.8. The van der Waals surface area contributed by atoms with Crippen molar-refractivity contribution in [2.45, 2.75) is 6.54 Å². The van der Waals surface area contributed by atoms with Gasteiger partial charge in [-0.25, -0.2) is 18.7 Å². The van der Waals surface area contributed by atoms with Crippen LogP contribution in [0.25, 0.3) is 6.08 Å². The Balaban J connectivity index is 1.37. The smallest absolute Gasteiger partial charge is 0.167 e. The number of nitrogens with zero attached hydrogens (tertiary/aromatic N) is 3. The standard InChI is InChI=1S/C25H20F2N6O/c26-16-1-4-18(5-2-16)33-12-9-15-7-10-31-25(19(15)14-33)32-17-3-6-21(20(27)13-17)34-22-8-11-30-24(29)23(22)28/h1-13H,14,28H2,(H2,29,30)(H,31,32). The summed E-state index contributed by atoms with van der Waals surface area (Å²) >= 11 is 0. The van der Waals surface area contributed by atoms with E-state index >= 15 is 0 Å². The second-order valence-electron chi connectivity index (χ2n) is 7.63. The van der Waals surface area contributed by atoms with Crippen LogP contribution in [-0.2, 0) is 6.54 Å². The third kappa shape index (κ3) is 4.18. The van der Waals surface area contributed by atoms with E-state index < -0.39 is 5.82 Å². The SMILES string of the molecule is Nc1nccc(Oc2ccc(Nc3nccc4c3CN(c3ccc(F)cc3)C=C4)cc2F)c1N. The van der Waals surface area contributed by atoms with Gasteiger partial charge in [0.15, 0.2) is 17.3 Å². The van der Waals surface area contributed by atoms with Crippen molar-refractivity contribution in [2.75, 3.05) is 21.7 Å². The predicted octanol–water partition coefficient (Wildman–Crippen LogP) is 5.45. The molecule has 0 saturated heterocycles. The molecule has 34 heavy (non-hydrogen) atoms. The molecule has 0 aliphatic carbocycles. The minimum Gasteiger partial charge on any atom is -0.452 e. The van der Waals surface area contributed by atoms with Crippen LogP contribution >= 0.6 is 0 Å². The number of ether oxygens (including phenoxy) is 1. The third-order valence-electron chi connectivity index (χ3n) is 5.41. The number of nitrogens with two attached hydrogens (primary N) is 2. The van der Waals surface area contributed by atoms with Gasteiger partial charge in [-0.1, -0.05) is 0 Å². The van der Waals surface area contributed by atoms with Crippen LogP contribution in [0, 0.1) is 11.6 Å². The van der Waals surface area contributed by atoms with E-state index in [1.807, 2.05) is 23.2 Å². The molecule has 0 unspecified atom stereocenters. The number of anilines is 5. The number of fused-ring (bicyclic) bond motifs is 1. The predicted molar refractivity (Wildman–Crippen MR) is 129 cm³/mol. The fourth-order valence-corrected chi connectivity index (χ4v) is 3.62. The average Bonchev–Trinajstić information content (AvgIpc) is 2.84. The zero-order valence-corrected chi connectivity index (χ0v) is 17.9. The number of pyridine rings is 2. The molecule has 5 N–H and O–H groups in total. The highest BCUT2D eigenvalue weighted by molar-refractivity contribution is 5.72. The van der Waals surface area contributed by atoms with Crippen molar-refractivity contribution < 1.29 is 13.5 Å². The van der Waals surface area contributed by atoms with Crippen molar-refractivity contribution in [1.82, 2.24) is 9.97 Å². The Labute approximate surface area is 194 Å². The largest absolute Gasteiger partial charge is 0.452 e. The molecule has 1 aliphatic heterocycles. The summed E-state index contributed by atoms with van der Waals surface area (Å²) in [6.45, 7) is 0.514. The number of hydrogen-bond acceptors (Lipinski definition) is 7. The first-order valence-corrected chi connectivity index (χ1v) is 10.4. The number of rotatable bonds is 5. The monoisotopic (exact) mass is 458 g/mol. The molecule has 0 atom stereocenters. The fourth-order valence-electron chi connectivity index (χ4n) is 3.62. The van der Waals surface area contributed by atoms with E-state index in [1.165, 1.54) is 36.5 Å². The summed E-state index contributed by atoms with van der Waals surface area (Å²) < 4.78 is 33.7. The summed E-state index contributed by atoms with van der Waals surface area (Å²) in [6, 6.07) is 14.2. The Bertz CT molecular complexity index is 1390. The molecule has 3 heterocycles. The van der Waals surface area contributed by atoms with Gasteiger partial charge < -0.3 is 26.4 Å². The molecule has 7 nitrogen and oxygen atoms in total. The van der Waals surface area contributed by atoms with E-state index in [9.17, 15) is 8.78 Å². The van der Waals surface area contributed by atoms with Crippen molar-refractivity contribution in [3.05, 3.63) is 96.0 Å². The molecule has 2 aromatic carbocycles. The van der Waals surface area contributed by atoms with E-state index in [-0.39, 0.29) is 28.8 Å². The zero-order chi connectivity index (χ0) is 23.7. The summed E-state index contributed by atoms with van der Waals surface area (Å²) in [5, 5.41) is 3.18. The van der Waals surface area contributed by atoms with Crippen LogP contribution in [0.3, 0.4) is 0 Å². The minimum atomic E-state index is -0.586. The molecule has 0 saturated carbocycles. The first-order chi connectivity index (χ1) is 16.5. The number of nitrogens with one attached hydrogen (secondary N) is 1. The van der Waals surface area contributed by atoms with Crippen molar-refractivity contribution in [2.24, 2.45) is 0 Å². The number of aromatic nitrogens is 2. The van der Waals surface area contributed by atoms with E-state index in [1.54, 1.807) is 24.4 Å². The lowest BCUT2D eigenvalue weighted by molar-refractivity contribution is 0.444. The lowest BCUT2D eigenvalue weighted by Crippen LogP contribution is -2.20. The molecule has 9 heteroatoms. The van der Waals surface area contributed by atoms with Gasteiger partial charge in [-0.15, -0.1) is 0 Å². The van der Waals surface area contributed by atoms with Gasteiger partial charge in [-0.3, -0.25) is 0 Å². The molecule has 5 rings (SSSR count). The van der Waals surface area contributed by atoms with Gasteiger partial charge in [-0.2, -0.15) is 0 Å². The molecular formula is C25H20F2N6O. The summed E-state index contributed by atoms with van der Waals surface area (Å²) in [4.78, 5) is 10.3. The minimum absolute atomic E-state index is 0.00341. The summed E-state index contributed by atoms with van der Waals surface area (Å²) in [5.74, 6) is 0.0408. The van der Waals surface area contributed by atoms with Crippen LogP contribution in [0.15, 0.2) is 73.2 Å². The van der Waals surface area contributed by atoms with Crippen molar-refractivity contribution >= 4 is 34.8 Å². The average molecular weight is 458 g/mol. The van der Waals surface area contributed by atoms with Gasteiger partial charge in [0, 0.05) is 47.7 Å². The zero-order valence-electron chi connectivity index (χ0n) is 17.9. The molecule has 0 fully saturated rings. The molecule has 0 spiro atoms. The Morgan fingerprint density at radius 2 is 1.71 bits per heavy atom. The number of nitrogen functional groups attached to an aromatic ring is 2. The molecule has 1 aliphatic rings. The van der Waals surface area contributed by atoms with E-state index in [0.29, 0.717) is 18.1 Å². The van der Waals surface area contributed by atoms with Crippen LogP contribution in [0.5, 0.6) is 11.5 Å². The molecule has 4 aromatic rings. The van der Waals surface area contributed by atoms with Crippen LogP contribution in [0.2, 0.25) is 0 Å². The highest BCUT2D eigenvalue weighted by Crippen LogP contribution is 2.34. The van der Waals surface area contributed by atoms with Crippen molar-refractivity contribution in [1.29, 1.82) is 0 Å². The van der Waals surface area contributed by atoms with Gasteiger partial charge in [-0.05, 0) is 54.1 Å².